The number of fused-ring (bicyclic) bond motifs is 8. The number of aliphatic imine (C=N–C) groups is 1. The average molecular weight is 756 g/mol. The summed E-state index contributed by atoms with van der Waals surface area (Å²) in [5.74, 6) is 2.04. The second kappa shape index (κ2) is 13.9. The van der Waals surface area contributed by atoms with Gasteiger partial charge in [0.1, 0.15) is 18.2 Å². The molecule has 1 aromatic heterocycles. The molecule has 5 heteroatoms. The molecule has 58 heavy (non-hydrogen) atoms. The lowest BCUT2D eigenvalue weighted by Crippen LogP contribution is -2.52. The van der Waals surface area contributed by atoms with E-state index in [1.807, 2.05) is 0 Å². The van der Waals surface area contributed by atoms with E-state index >= 15 is 0 Å². The Kier molecular flexibility index (Phi) is 8.18. The Morgan fingerprint density at radius 1 is 0.759 bits per heavy atom. The molecular formula is C53H49N5. The van der Waals surface area contributed by atoms with Crippen molar-refractivity contribution in [1.82, 2.24) is 20.1 Å². The highest BCUT2D eigenvalue weighted by Gasteiger charge is 2.49. The molecule has 286 valence electrons. The summed E-state index contributed by atoms with van der Waals surface area (Å²) < 4.78 is 2.71. The number of rotatable bonds is 5. The van der Waals surface area contributed by atoms with E-state index < -0.39 is 0 Å². The lowest BCUT2D eigenvalue weighted by molar-refractivity contribution is 0.284. The zero-order valence-corrected chi connectivity index (χ0v) is 32.8. The molecular weight excluding hydrogens is 707 g/mol. The number of likely N-dealkylation sites (tertiary alicyclic amines) is 1. The Balaban J connectivity index is 0.986. The first-order valence-corrected chi connectivity index (χ1v) is 21.6. The lowest BCUT2D eigenvalue weighted by atomic mass is 9.76. The van der Waals surface area contributed by atoms with Crippen molar-refractivity contribution in [2.45, 2.75) is 69.4 Å². The van der Waals surface area contributed by atoms with Gasteiger partial charge in [0.15, 0.2) is 0 Å². The summed E-state index contributed by atoms with van der Waals surface area (Å²) in [6.45, 7) is 0. The van der Waals surface area contributed by atoms with E-state index in [1.165, 1.54) is 66.3 Å². The maximum atomic E-state index is 5.52. The van der Waals surface area contributed by atoms with Crippen molar-refractivity contribution in [3.8, 4) is 0 Å². The number of aromatic nitrogens is 1. The Hall–Kier alpha value is -5.91. The van der Waals surface area contributed by atoms with Gasteiger partial charge in [0.25, 0.3) is 0 Å². The van der Waals surface area contributed by atoms with Crippen LogP contribution in [0.4, 0.5) is 0 Å². The first kappa shape index (κ1) is 34.2. The van der Waals surface area contributed by atoms with Gasteiger partial charge in [-0.1, -0.05) is 146 Å². The lowest BCUT2D eigenvalue weighted by Gasteiger charge is -2.40. The fourth-order valence-corrected chi connectivity index (χ4v) is 11.4. The summed E-state index contributed by atoms with van der Waals surface area (Å²) >= 11 is 0. The molecule has 7 atom stereocenters. The maximum Gasteiger partial charge on any atom is 0.129 e. The molecule has 2 N–H and O–H groups in total. The van der Waals surface area contributed by atoms with Gasteiger partial charge < -0.3 is 14.8 Å². The highest BCUT2D eigenvalue weighted by molar-refractivity contribution is 5.93. The minimum Gasteiger partial charge on any atom is -0.354 e. The molecule has 0 radical (unpaired) electrons. The van der Waals surface area contributed by atoms with Crippen molar-refractivity contribution < 1.29 is 0 Å². The number of hydrogen-bond acceptors (Lipinski definition) is 4. The van der Waals surface area contributed by atoms with Crippen molar-refractivity contribution in [3.63, 3.8) is 0 Å². The van der Waals surface area contributed by atoms with Crippen LogP contribution in [-0.2, 0) is 12.8 Å². The van der Waals surface area contributed by atoms with Crippen molar-refractivity contribution in [3.05, 3.63) is 189 Å². The molecule has 3 heterocycles. The predicted octanol–water partition coefficient (Wildman–Crippen LogP) is 9.12. The summed E-state index contributed by atoms with van der Waals surface area (Å²) in [7, 11) is 0. The van der Waals surface area contributed by atoms with Crippen LogP contribution in [0.25, 0.3) is 34.8 Å². The van der Waals surface area contributed by atoms with Crippen LogP contribution in [0.15, 0.2) is 156 Å². The highest BCUT2D eigenvalue weighted by Crippen LogP contribution is 2.53. The highest BCUT2D eigenvalue weighted by atomic mass is 15.3. The van der Waals surface area contributed by atoms with Crippen LogP contribution in [0.5, 0.6) is 0 Å². The molecule has 7 unspecified atom stereocenters. The van der Waals surface area contributed by atoms with Gasteiger partial charge in [-0.05, 0) is 78.1 Å². The van der Waals surface area contributed by atoms with Crippen LogP contribution in [0.3, 0.4) is 0 Å². The molecule has 0 bridgehead atoms. The molecule has 0 amide bonds. The quantitative estimate of drug-likeness (QED) is 0.176. The minimum atomic E-state index is -0.105. The molecule has 2 aliphatic heterocycles. The van der Waals surface area contributed by atoms with Gasteiger partial charge in [-0.15, -0.1) is 0 Å². The number of hydrogen-bond donors (Lipinski definition) is 2. The van der Waals surface area contributed by atoms with Gasteiger partial charge in [0.2, 0.25) is 0 Å². The summed E-state index contributed by atoms with van der Waals surface area (Å²) in [6, 6.07) is 38.8. The third-order valence-electron chi connectivity index (χ3n) is 14.0. The predicted molar refractivity (Wildman–Crippen MR) is 238 cm³/mol. The zero-order valence-electron chi connectivity index (χ0n) is 32.8. The van der Waals surface area contributed by atoms with Gasteiger partial charge in [-0.2, -0.15) is 0 Å². The summed E-state index contributed by atoms with van der Waals surface area (Å²) in [4.78, 5) is 8.38. The molecule has 12 rings (SSSR count). The van der Waals surface area contributed by atoms with E-state index in [0.29, 0.717) is 17.9 Å². The molecule has 0 spiro atoms. The molecule has 4 aromatic carbocycles. The van der Waals surface area contributed by atoms with Crippen LogP contribution in [0.1, 0.15) is 72.3 Å². The van der Waals surface area contributed by atoms with E-state index in [2.05, 4.69) is 178 Å². The number of allylic oxidation sites excluding steroid dienone is 5. The Bertz CT molecular complexity index is 2780. The molecule has 7 aliphatic rings. The first-order chi connectivity index (χ1) is 28.7. The molecule has 1 fully saturated rings. The SMILES string of the molecule is C1=CC(C2N=C(C3C=c4ccccc4=C(N4C5=Cc6ccccc6CC5C5C=CC(n6c7c(c8ccccc86)C=CCC7)CC54)C3)NC(c3ccccc3)N2)=CCC1. The third-order valence-corrected chi connectivity index (χ3v) is 14.0. The molecule has 0 saturated carbocycles. The van der Waals surface area contributed by atoms with Crippen molar-refractivity contribution in [2.75, 3.05) is 0 Å². The standard InChI is InChI=1S/C53H49N5/c1-3-15-34(16-4-1)51-54-52(35-17-5-2-6-18-35)56-53(55-51)39-29-38-21-9-10-22-41(38)48(32-39)58-49-31-37-20-8-7-19-36(37)30-45(49)44-28-27-40(33-50(44)58)57-46-25-13-11-23-42(46)43-24-12-14-26-47(43)57/h1,3-5,7-13,15-25,27-29,31,39-40,44-45,50-52,54H,2,6,14,26,30,32-33H2,(H,55,56). The van der Waals surface area contributed by atoms with Crippen LogP contribution in [-0.4, -0.2) is 27.5 Å². The van der Waals surface area contributed by atoms with Crippen molar-refractivity contribution in [2.24, 2.45) is 22.7 Å². The Morgan fingerprint density at radius 3 is 2.53 bits per heavy atom. The smallest absolute Gasteiger partial charge is 0.129 e. The number of nitrogens with one attached hydrogen (secondary N) is 2. The molecule has 1 saturated heterocycles. The summed E-state index contributed by atoms with van der Waals surface area (Å²) in [5.41, 5.74) is 12.5. The van der Waals surface area contributed by atoms with Crippen LogP contribution >= 0.6 is 0 Å². The topological polar surface area (TPSA) is 44.6 Å². The second-order valence-corrected chi connectivity index (χ2v) is 17.2. The van der Waals surface area contributed by atoms with E-state index in [4.69, 9.17) is 4.99 Å². The second-order valence-electron chi connectivity index (χ2n) is 17.2. The Morgan fingerprint density at radius 2 is 1.60 bits per heavy atom. The summed E-state index contributed by atoms with van der Waals surface area (Å²) in [6.07, 6.45) is 29.2. The van der Waals surface area contributed by atoms with Crippen LogP contribution in [0, 0.1) is 17.8 Å². The van der Waals surface area contributed by atoms with Gasteiger partial charge in [-0.25, -0.2) is 4.99 Å². The molecule has 5 nitrogen and oxygen atoms in total. The number of benzene rings is 4. The first-order valence-electron chi connectivity index (χ1n) is 21.6. The number of para-hydroxylation sites is 1. The van der Waals surface area contributed by atoms with E-state index in [-0.39, 0.29) is 24.3 Å². The largest absolute Gasteiger partial charge is 0.354 e. The maximum absolute atomic E-state index is 5.52. The zero-order chi connectivity index (χ0) is 38.2. The minimum absolute atomic E-state index is 0.0385. The van der Waals surface area contributed by atoms with Crippen molar-refractivity contribution in [1.29, 1.82) is 0 Å². The van der Waals surface area contributed by atoms with E-state index in [1.54, 1.807) is 0 Å². The molecule has 5 aromatic rings. The Labute approximate surface area is 340 Å². The van der Waals surface area contributed by atoms with Crippen molar-refractivity contribution >= 4 is 40.7 Å². The summed E-state index contributed by atoms with van der Waals surface area (Å²) in [5, 5.41) is 11.8. The van der Waals surface area contributed by atoms with E-state index in [0.717, 1.165) is 50.8 Å². The fourth-order valence-electron chi connectivity index (χ4n) is 11.4. The van der Waals surface area contributed by atoms with E-state index in [9.17, 15) is 0 Å². The number of nitrogens with zero attached hydrogens (tertiary/aromatic N) is 3. The van der Waals surface area contributed by atoms with Gasteiger partial charge in [0.05, 0.1) is 6.04 Å². The fraction of sp³-hybridized carbons (Fsp3) is 0.264. The monoisotopic (exact) mass is 755 g/mol. The van der Waals surface area contributed by atoms with Gasteiger partial charge in [-0.3, -0.25) is 5.32 Å². The molecule has 5 aliphatic carbocycles. The van der Waals surface area contributed by atoms with Gasteiger partial charge >= 0.3 is 0 Å². The van der Waals surface area contributed by atoms with Crippen LogP contribution in [0.2, 0.25) is 0 Å². The normalized spacial score (nSPS) is 27.9. The van der Waals surface area contributed by atoms with Crippen LogP contribution < -0.4 is 21.1 Å². The number of amidine groups is 1. The van der Waals surface area contributed by atoms with Gasteiger partial charge in [0, 0.05) is 69.0 Å². The third kappa shape index (κ3) is 5.58. The average Bonchev–Trinajstić information content (AvgIpc) is 3.80.